The van der Waals surface area contributed by atoms with E-state index in [1.807, 2.05) is 13.0 Å². The molecular weight excluding hydrogens is 226 g/mol. The number of rotatable bonds is 2. The summed E-state index contributed by atoms with van der Waals surface area (Å²) in [6.07, 6.45) is 1.59. The average molecular weight is 235 g/mol. The fourth-order valence-electron chi connectivity index (χ4n) is 1.38. The van der Waals surface area contributed by atoms with E-state index in [9.17, 15) is 0 Å². The summed E-state index contributed by atoms with van der Waals surface area (Å²) < 4.78 is 6.92. The van der Waals surface area contributed by atoms with Crippen molar-refractivity contribution in [3.8, 4) is 11.6 Å². The zero-order valence-corrected chi connectivity index (χ0v) is 9.31. The van der Waals surface area contributed by atoms with Gasteiger partial charge in [-0.3, -0.25) is 0 Å². The molecule has 1 atom stereocenters. The van der Waals surface area contributed by atoms with Crippen LogP contribution in [0.15, 0.2) is 22.8 Å². The number of fused-ring (bicyclic) bond motifs is 1. The molecule has 0 bridgehead atoms. The van der Waals surface area contributed by atoms with Gasteiger partial charge in [-0.15, -0.1) is 10.2 Å². The van der Waals surface area contributed by atoms with Gasteiger partial charge >= 0.3 is 0 Å². The van der Waals surface area contributed by atoms with Crippen LogP contribution in [-0.2, 0) is 0 Å². The number of hydrogen-bond acceptors (Lipinski definition) is 6. The third-order valence-electron chi connectivity index (χ3n) is 2.14. The van der Waals surface area contributed by atoms with Crippen LogP contribution < -0.4 is 5.73 Å². The van der Waals surface area contributed by atoms with Gasteiger partial charge in [0.2, 0.25) is 10.8 Å². The number of furan rings is 1. The third-order valence-corrected chi connectivity index (χ3v) is 3.24. The lowest BCUT2D eigenvalue weighted by molar-refractivity contribution is 0.574. The molecule has 82 valence electrons. The zero-order valence-electron chi connectivity index (χ0n) is 8.49. The Balaban J connectivity index is 2.19. The third kappa shape index (κ3) is 1.33. The van der Waals surface area contributed by atoms with Gasteiger partial charge in [0.25, 0.3) is 0 Å². The smallest absolute Gasteiger partial charge is 0.235 e. The van der Waals surface area contributed by atoms with E-state index < -0.39 is 0 Å². The Morgan fingerprint density at radius 2 is 2.38 bits per heavy atom. The van der Waals surface area contributed by atoms with E-state index in [-0.39, 0.29) is 6.04 Å². The van der Waals surface area contributed by atoms with Gasteiger partial charge in [0.15, 0.2) is 5.76 Å². The highest BCUT2D eigenvalue weighted by atomic mass is 32.1. The lowest BCUT2D eigenvalue weighted by atomic mass is 10.4. The van der Waals surface area contributed by atoms with Crippen molar-refractivity contribution in [1.29, 1.82) is 0 Å². The van der Waals surface area contributed by atoms with Gasteiger partial charge in [0.1, 0.15) is 5.01 Å². The largest absolute Gasteiger partial charge is 0.461 e. The minimum Gasteiger partial charge on any atom is -0.461 e. The Kier molecular flexibility index (Phi) is 2.01. The monoisotopic (exact) mass is 235 g/mol. The van der Waals surface area contributed by atoms with E-state index in [4.69, 9.17) is 10.2 Å². The standard InChI is InChI=1S/C9H9N5OS/c1-5(10)8-13-14-7(6-3-2-4-15-6)11-12-9(14)16-8/h2-5H,10H2,1H3. The number of nitrogens with two attached hydrogens (primary N) is 1. The quantitative estimate of drug-likeness (QED) is 0.727. The second kappa shape index (κ2) is 3.39. The van der Waals surface area contributed by atoms with Crippen LogP contribution >= 0.6 is 11.3 Å². The second-order valence-corrected chi connectivity index (χ2v) is 4.41. The molecule has 6 nitrogen and oxygen atoms in total. The number of hydrogen-bond donors (Lipinski definition) is 1. The topological polar surface area (TPSA) is 82.2 Å². The maximum atomic E-state index is 5.77. The maximum absolute atomic E-state index is 5.77. The summed E-state index contributed by atoms with van der Waals surface area (Å²) in [4.78, 5) is 0.721. The van der Waals surface area contributed by atoms with Crippen molar-refractivity contribution < 1.29 is 4.42 Å². The van der Waals surface area contributed by atoms with E-state index in [0.29, 0.717) is 11.6 Å². The summed E-state index contributed by atoms with van der Waals surface area (Å²) in [6, 6.07) is 3.52. The van der Waals surface area contributed by atoms with E-state index >= 15 is 0 Å². The lowest BCUT2D eigenvalue weighted by Crippen LogP contribution is -2.05. The molecule has 0 saturated heterocycles. The molecule has 0 amide bonds. The van der Waals surface area contributed by atoms with E-state index in [1.54, 1.807) is 16.8 Å². The zero-order chi connectivity index (χ0) is 11.1. The molecule has 16 heavy (non-hydrogen) atoms. The summed E-state index contributed by atoms with van der Waals surface area (Å²) in [7, 11) is 0. The highest BCUT2D eigenvalue weighted by Gasteiger charge is 2.16. The van der Waals surface area contributed by atoms with Gasteiger partial charge < -0.3 is 10.2 Å². The van der Waals surface area contributed by atoms with Crippen LogP contribution in [0.25, 0.3) is 16.5 Å². The first kappa shape index (κ1) is 9.49. The fraction of sp³-hybridized carbons (Fsp3) is 0.222. The summed E-state index contributed by atoms with van der Waals surface area (Å²) in [6.45, 7) is 1.89. The van der Waals surface area contributed by atoms with Gasteiger partial charge in [0, 0.05) is 0 Å². The van der Waals surface area contributed by atoms with Gasteiger partial charge in [-0.1, -0.05) is 11.3 Å². The van der Waals surface area contributed by atoms with Crippen LogP contribution in [0.5, 0.6) is 0 Å². The van der Waals surface area contributed by atoms with Crippen LogP contribution in [0.1, 0.15) is 18.0 Å². The normalized spacial score (nSPS) is 13.4. The van der Waals surface area contributed by atoms with Crippen molar-refractivity contribution >= 4 is 16.3 Å². The average Bonchev–Trinajstić information content (AvgIpc) is 2.92. The molecule has 3 heterocycles. The highest BCUT2D eigenvalue weighted by molar-refractivity contribution is 7.16. The van der Waals surface area contributed by atoms with Gasteiger partial charge in [-0.05, 0) is 19.1 Å². The minimum absolute atomic E-state index is 0.101. The molecule has 0 aliphatic heterocycles. The molecule has 2 N–H and O–H groups in total. The highest BCUT2D eigenvalue weighted by Crippen LogP contribution is 2.23. The van der Waals surface area contributed by atoms with Crippen LogP contribution in [0.3, 0.4) is 0 Å². The molecule has 0 aliphatic carbocycles. The van der Waals surface area contributed by atoms with E-state index in [2.05, 4.69) is 15.3 Å². The summed E-state index contributed by atoms with van der Waals surface area (Å²) in [5.74, 6) is 1.25. The Labute approximate surface area is 94.7 Å². The Hall–Kier alpha value is -1.73. The molecule has 3 aromatic heterocycles. The van der Waals surface area contributed by atoms with Crippen LogP contribution in [0, 0.1) is 0 Å². The second-order valence-electron chi connectivity index (χ2n) is 3.42. The molecule has 0 spiro atoms. The number of nitrogens with zero attached hydrogens (tertiary/aromatic N) is 4. The lowest BCUT2D eigenvalue weighted by Gasteiger charge is -1.95. The molecule has 0 aliphatic rings. The van der Waals surface area contributed by atoms with Crippen molar-refractivity contribution in [2.75, 3.05) is 0 Å². The van der Waals surface area contributed by atoms with Crippen molar-refractivity contribution in [2.45, 2.75) is 13.0 Å². The van der Waals surface area contributed by atoms with Gasteiger partial charge in [-0.25, -0.2) is 0 Å². The summed E-state index contributed by atoms with van der Waals surface area (Å²) in [5, 5.41) is 13.2. The van der Waals surface area contributed by atoms with Gasteiger partial charge in [-0.2, -0.15) is 9.61 Å². The Morgan fingerprint density at radius 3 is 3.06 bits per heavy atom. The first-order valence-electron chi connectivity index (χ1n) is 4.77. The summed E-state index contributed by atoms with van der Waals surface area (Å²) >= 11 is 1.44. The SMILES string of the molecule is CC(N)c1nn2c(-c3ccco3)nnc2s1. The van der Waals surface area contributed by atoms with Crippen molar-refractivity contribution in [3.05, 3.63) is 23.4 Å². The molecule has 7 heteroatoms. The van der Waals surface area contributed by atoms with Crippen molar-refractivity contribution in [2.24, 2.45) is 5.73 Å². The molecule has 0 aromatic carbocycles. The molecule has 1 unspecified atom stereocenters. The molecule has 3 aromatic rings. The first-order chi connectivity index (χ1) is 7.75. The fourth-order valence-corrected chi connectivity index (χ4v) is 2.17. The predicted molar refractivity (Wildman–Crippen MR) is 59.0 cm³/mol. The molecule has 0 fully saturated rings. The van der Waals surface area contributed by atoms with Gasteiger partial charge in [0.05, 0.1) is 12.3 Å². The van der Waals surface area contributed by atoms with Crippen molar-refractivity contribution in [1.82, 2.24) is 19.8 Å². The van der Waals surface area contributed by atoms with E-state index in [0.717, 1.165) is 9.97 Å². The molecular formula is C9H9N5OS. The van der Waals surface area contributed by atoms with E-state index in [1.165, 1.54) is 11.3 Å². The van der Waals surface area contributed by atoms with Crippen LogP contribution in [0.4, 0.5) is 0 Å². The maximum Gasteiger partial charge on any atom is 0.235 e. The molecule has 3 rings (SSSR count). The van der Waals surface area contributed by atoms with Crippen LogP contribution in [0.2, 0.25) is 0 Å². The van der Waals surface area contributed by atoms with Crippen LogP contribution in [-0.4, -0.2) is 19.8 Å². The Bertz CT molecular complexity index is 609. The predicted octanol–water partition coefficient (Wildman–Crippen LogP) is 1.47. The minimum atomic E-state index is -0.101. The summed E-state index contributed by atoms with van der Waals surface area (Å²) in [5.41, 5.74) is 5.77. The Morgan fingerprint density at radius 1 is 1.50 bits per heavy atom. The van der Waals surface area contributed by atoms with Crippen molar-refractivity contribution in [3.63, 3.8) is 0 Å². The molecule has 0 saturated carbocycles. The number of aromatic nitrogens is 4. The molecule has 0 radical (unpaired) electrons. The first-order valence-corrected chi connectivity index (χ1v) is 5.59.